The van der Waals surface area contributed by atoms with Crippen molar-refractivity contribution >= 4 is 5.97 Å². The second kappa shape index (κ2) is 6.75. The summed E-state index contributed by atoms with van der Waals surface area (Å²) in [6.07, 6.45) is 2.36. The number of piperidine rings is 1. The third kappa shape index (κ3) is 3.51. The van der Waals surface area contributed by atoms with Crippen LogP contribution in [0.5, 0.6) is 5.75 Å². The molecular formula is C16H23NO3. The Labute approximate surface area is 120 Å². The molecule has 4 heteroatoms. The Hall–Kier alpha value is -1.55. The molecule has 1 N–H and O–H groups in total. The van der Waals surface area contributed by atoms with Gasteiger partial charge in [-0.25, -0.2) is 0 Å². The van der Waals surface area contributed by atoms with E-state index in [2.05, 4.69) is 17.9 Å². The molecule has 2 atom stereocenters. The fraction of sp³-hybridized carbons (Fsp3) is 0.562. The molecule has 0 spiro atoms. The third-order valence-electron chi connectivity index (χ3n) is 4.15. The van der Waals surface area contributed by atoms with Gasteiger partial charge in [0.15, 0.2) is 0 Å². The van der Waals surface area contributed by atoms with Crippen LogP contribution in [0.15, 0.2) is 24.3 Å². The van der Waals surface area contributed by atoms with Crippen LogP contribution < -0.4 is 4.74 Å². The molecule has 0 saturated carbocycles. The molecule has 1 fully saturated rings. The van der Waals surface area contributed by atoms with Crippen molar-refractivity contribution in [3.05, 3.63) is 29.8 Å². The number of para-hydroxylation sites is 1. The van der Waals surface area contributed by atoms with E-state index in [-0.39, 0.29) is 18.4 Å². The van der Waals surface area contributed by atoms with Crippen molar-refractivity contribution in [3.8, 4) is 5.75 Å². The van der Waals surface area contributed by atoms with Crippen molar-refractivity contribution in [2.45, 2.75) is 32.2 Å². The van der Waals surface area contributed by atoms with Crippen LogP contribution in [0.4, 0.5) is 0 Å². The van der Waals surface area contributed by atoms with Gasteiger partial charge in [0.05, 0.1) is 7.11 Å². The van der Waals surface area contributed by atoms with E-state index in [1.54, 1.807) is 7.11 Å². The number of carboxylic acid groups (broad SMARTS) is 1. The predicted octanol–water partition coefficient (Wildman–Crippen LogP) is 2.94. The standard InChI is InChI=1S/C16H23NO3/c1-12(14-7-3-4-8-15(14)20-2)17-9-5-6-13(11-17)10-16(18)19/h3-4,7-8,12-13H,5-6,9-11H2,1-2H3,(H,18,19). The van der Waals surface area contributed by atoms with Gasteiger partial charge in [-0.1, -0.05) is 18.2 Å². The van der Waals surface area contributed by atoms with Gasteiger partial charge in [0, 0.05) is 24.6 Å². The van der Waals surface area contributed by atoms with Crippen LogP contribution in [-0.2, 0) is 4.79 Å². The van der Waals surface area contributed by atoms with E-state index in [1.165, 1.54) is 5.56 Å². The molecule has 2 rings (SSSR count). The van der Waals surface area contributed by atoms with Crippen LogP contribution in [0.1, 0.15) is 37.8 Å². The molecule has 4 nitrogen and oxygen atoms in total. The maximum atomic E-state index is 10.9. The van der Waals surface area contributed by atoms with E-state index in [1.807, 2.05) is 18.2 Å². The highest BCUT2D eigenvalue weighted by atomic mass is 16.5. The fourth-order valence-electron chi connectivity index (χ4n) is 3.07. The highest BCUT2D eigenvalue weighted by Crippen LogP contribution is 2.32. The molecule has 110 valence electrons. The van der Waals surface area contributed by atoms with Crippen LogP contribution in [0.2, 0.25) is 0 Å². The quantitative estimate of drug-likeness (QED) is 0.899. The van der Waals surface area contributed by atoms with Crippen LogP contribution in [0.25, 0.3) is 0 Å². The number of likely N-dealkylation sites (tertiary alicyclic amines) is 1. The first-order valence-corrected chi connectivity index (χ1v) is 7.20. The Morgan fingerprint density at radius 3 is 2.95 bits per heavy atom. The highest BCUT2D eigenvalue weighted by Gasteiger charge is 2.26. The summed E-state index contributed by atoms with van der Waals surface area (Å²) in [5, 5.41) is 8.95. The highest BCUT2D eigenvalue weighted by molar-refractivity contribution is 5.67. The summed E-state index contributed by atoms with van der Waals surface area (Å²) in [7, 11) is 1.69. The molecule has 2 unspecified atom stereocenters. The third-order valence-corrected chi connectivity index (χ3v) is 4.15. The summed E-state index contributed by atoms with van der Waals surface area (Å²) in [6.45, 7) is 4.04. The molecule has 0 radical (unpaired) electrons. The van der Waals surface area contributed by atoms with E-state index < -0.39 is 5.97 Å². The molecule has 1 saturated heterocycles. The summed E-state index contributed by atoms with van der Waals surface area (Å²) < 4.78 is 5.43. The minimum atomic E-state index is -0.693. The zero-order valence-corrected chi connectivity index (χ0v) is 12.2. The van der Waals surface area contributed by atoms with Crippen molar-refractivity contribution in [2.75, 3.05) is 20.2 Å². The lowest BCUT2D eigenvalue weighted by Crippen LogP contribution is -2.38. The van der Waals surface area contributed by atoms with E-state index in [0.29, 0.717) is 0 Å². The van der Waals surface area contributed by atoms with Crippen molar-refractivity contribution in [2.24, 2.45) is 5.92 Å². The molecule has 0 aromatic heterocycles. The predicted molar refractivity (Wildman–Crippen MR) is 78.0 cm³/mol. The van der Waals surface area contributed by atoms with Crippen LogP contribution in [0, 0.1) is 5.92 Å². The van der Waals surface area contributed by atoms with Gasteiger partial charge < -0.3 is 9.84 Å². The van der Waals surface area contributed by atoms with E-state index in [4.69, 9.17) is 9.84 Å². The molecule has 0 bridgehead atoms. The minimum absolute atomic E-state index is 0.253. The summed E-state index contributed by atoms with van der Waals surface area (Å²) in [6, 6.07) is 8.31. The number of nitrogens with zero attached hydrogens (tertiary/aromatic N) is 1. The first-order chi connectivity index (χ1) is 9.61. The normalized spacial score (nSPS) is 21.4. The molecule has 1 heterocycles. The monoisotopic (exact) mass is 277 g/mol. The zero-order valence-electron chi connectivity index (χ0n) is 12.2. The first kappa shape index (κ1) is 14.9. The Balaban J connectivity index is 2.08. The number of ether oxygens (including phenoxy) is 1. The second-order valence-electron chi connectivity index (χ2n) is 5.52. The Kier molecular flexibility index (Phi) is 5.01. The minimum Gasteiger partial charge on any atom is -0.496 e. The largest absolute Gasteiger partial charge is 0.496 e. The van der Waals surface area contributed by atoms with E-state index >= 15 is 0 Å². The molecule has 1 aliphatic rings. The van der Waals surface area contributed by atoms with Crippen LogP contribution >= 0.6 is 0 Å². The average molecular weight is 277 g/mol. The Bertz CT molecular complexity index is 461. The van der Waals surface area contributed by atoms with Crippen molar-refractivity contribution in [3.63, 3.8) is 0 Å². The lowest BCUT2D eigenvalue weighted by molar-refractivity contribution is -0.138. The average Bonchev–Trinajstić information content (AvgIpc) is 2.46. The van der Waals surface area contributed by atoms with Gasteiger partial charge in [-0.2, -0.15) is 0 Å². The van der Waals surface area contributed by atoms with Crippen molar-refractivity contribution < 1.29 is 14.6 Å². The maximum Gasteiger partial charge on any atom is 0.303 e. The smallest absolute Gasteiger partial charge is 0.303 e. The van der Waals surface area contributed by atoms with Crippen molar-refractivity contribution in [1.29, 1.82) is 0 Å². The van der Waals surface area contributed by atoms with Gasteiger partial charge in [0.25, 0.3) is 0 Å². The molecule has 1 aliphatic heterocycles. The SMILES string of the molecule is COc1ccccc1C(C)N1CCCC(CC(=O)O)C1. The van der Waals surface area contributed by atoms with E-state index in [0.717, 1.165) is 31.7 Å². The van der Waals surface area contributed by atoms with Gasteiger partial charge >= 0.3 is 5.97 Å². The number of aliphatic carboxylic acids is 1. The van der Waals surface area contributed by atoms with Crippen LogP contribution in [0.3, 0.4) is 0 Å². The molecule has 1 aromatic carbocycles. The number of rotatable bonds is 5. The number of carboxylic acids is 1. The molecule has 0 aliphatic carbocycles. The zero-order chi connectivity index (χ0) is 14.5. The molecule has 1 aromatic rings. The van der Waals surface area contributed by atoms with Gasteiger partial charge in [-0.3, -0.25) is 9.69 Å². The topological polar surface area (TPSA) is 49.8 Å². The van der Waals surface area contributed by atoms with Crippen molar-refractivity contribution in [1.82, 2.24) is 4.90 Å². The van der Waals surface area contributed by atoms with Gasteiger partial charge in [0.1, 0.15) is 5.75 Å². The number of hydrogen-bond donors (Lipinski definition) is 1. The fourth-order valence-corrected chi connectivity index (χ4v) is 3.07. The first-order valence-electron chi connectivity index (χ1n) is 7.20. The Morgan fingerprint density at radius 1 is 1.50 bits per heavy atom. The number of methoxy groups -OCH3 is 1. The van der Waals surface area contributed by atoms with Gasteiger partial charge in [0.2, 0.25) is 0 Å². The summed E-state index contributed by atoms with van der Waals surface area (Å²) in [5.41, 5.74) is 1.17. The summed E-state index contributed by atoms with van der Waals surface area (Å²) in [4.78, 5) is 13.2. The number of hydrogen-bond acceptors (Lipinski definition) is 3. The second-order valence-corrected chi connectivity index (χ2v) is 5.52. The Morgan fingerprint density at radius 2 is 2.25 bits per heavy atom. The summed E-state index contributed by atoms with van der Waals surface area (Å²) >= 11 is 0. The van der Waals surface area contributed by atoms with E-state index in [9.17, 15) is 4.79 Å². The molecule has 20 heavy (non-hydrogen) atoms. The lowest BCUT2D eigenvalue weighted by Gasteiger charge is -2.37. The van der Waals surface area contributed by atoms with Crippen LogP contribution in [-0.4, -0.2) is 36.2 Å². The number of carbonyl (C=O) groups is 1. The number of benzene rings is 1. The van der Waals surface area contributed by atoms with Gasteiger partial charge in [-0.05, 0) is 38.3 Å². The molecule has 0 amide bonds. The lowest BCUT2D eigenvalue weighted by atomic mass is 9.92. The summed E-state index contributed by atoms with van der Waals surface area (Å²) in [5.74, 6) is 0.473. The van der Waals surface area contributed by atoms with Gasteiger partial charge in [-0.15, -0.1) is 0 Å². The molecular weight excluding hydrogens is 254 g/mol. The maximum absolute atomic E-state index is 10.9.